The Morgan fingerprint density at radius 3 is 2.57 bits per heavy atom. The van der Waals surface area contributed by atoms with Crippen molar-refractivity contribution < 1.29 is 27.5 Å². The van der Waals surface area contributed by atoms with Crippen molar-refractivity contribution in [2.45, 2.75) is 37.6 Å². The molecule has 0 saturated carbocycles. The molecule has 2 aromatic rings. The van der Waals surface area contributed by atoms with E-state index in [-0.39, 0.29) is 29.7 Å². The van der Waals surface area contributed by atoms with Gasteiger partial charge in [0.1, 0.15) is 11.1 Å². The van der Waals surface area contributed by atoms with Crippen LogP contribution in [0.25, 0.3) is 0 Å². The van der Waals surface area contributed by atoms with Crippen molar-refractivity contribution in [1.29, 1.82) is 0 Å². The van der Waals surface area contributed by atoms with Gasteiger partial charge >= 0.3 is 12.3 Å². The van der Waals surface area contributed by atoms with Gasteiger partial charge in [0.05, 0.1) is 29.6 Å². The second-order valence-corrected chi connectivity index (χ2v) is 8.79. The molecule has 2 amide bonds. The average Bonchev–Trinajstić information content (AvgIpc) is 3.28. The summed E-state index contributed by atoms with van der Waals surface area (Å²) < 4.78 is 45.2. The molecule has 0 unspecified atom stereocenters. The fraction of sp³-hybridized carbons (Fsp3) is 0.455. The van der Waals surface area contributed by atoms with Crippen LogP contribution in [-0.2, 0) is 10.9 Å². The van der Waals surface area contributed by atoms with Gasteiger partial charge < -0.3 is 19.9 Å². The SMILES string of the molecule is O=C(NC1CCN(C(=O)c2ccccc2C(F)(F)F)CC1)O[C@@H]1CCN(c2cn[nH]c(=O)c2Cl)C1. The van der Waals surface area contributed by atoms with Crippen molar-refractivity contribution in [1.82, 2.24) is 20.4 Å². The largest absolute Gasteiger partial charge is 0.444 e. The fourth-order valence-electron chi connectivity index (χ4n) is 4.30. The molecule has 2 aliphatic heterocycles. The number of ether oxygens (including phenoxy) is 1. The third kappa shape index (κ3) is 5.69. The summed E-state index contributed by atoms with van der Waals surface area (Å²) in [6.07, 6.45) is -2.88. The molecule has 2 aliphatic rings. The second kappa shape index (κ2) is 10.1. The summed E-state index contributed by atoms with van der Waals surface area (Å²) in [6.45, 7) is 1.30. The normalized spacial score (nSPS) is 19.0. The zero-order valence-corrected chi connectivity index (χ0v) is 19.2. The number of nitrogens with zero attached hydrogens (tertiary/aromatic N) is 3. The lowest BCUT2D eigenvalue weighted by Gasteiger charge is -2.33. The van der Waals surface area contributed by atoms with Crippen molar-refractivity contribution >= 4 is 29.3 Å². The predicted molar refractivity (Wildman–Crippen MR) is 120 cm³/mol. The van der Waals surface area contributed by atoms with Gasteiger partial charge in [0.2, 0.25) is 0 Å². The molecule has 0 aliphatic carbocycles. The summed E-state index contributed by atoms with van der Waals surface area (Å²) in [5.74, 6) is -0.683. The molecule has 3 heterocycles. The molecule has 1 aromatic heterocycles. The molecule has 4 rings (SSSR count). The third-order valence-electron chi connectivity index (χ3n) is 6.10. The molecule has 1 aromatic carbocycles. The number of nitrogens with one attached hydrogen (secondary N) is 2. The van der Waals surface area contributed by atoms with Gasteiger partial charge in [-0.3, -0.25) is 9.59 Å². The number of benzene rings is 1. The quantitative estimate of drug-likeness (QED) is 0.650. The summed E-state index contributed by atoms with van der Waals surface area (Å²) in [5, 5.41) is 8.77. The first-order valence-electron chi connectivity index (χ1n) is 11.0. The third-order valence-corrected chi connectivity index (χ3v) is 6.47. The van der Waals surface area contributed by atoms with Crippen LogP contribution >= 0.6 is 11.6 Å². The first-order chi connectivity index (χ1) is 16.6. The zero-order chi connectivity index (χ0) is 25.2. The number of alkyl carbamates (subject to hydrolysis) is 1. The Kier molecular flexibility index (Phi) is 7.20. The van der Waals surface area contributed by atoms with Crippen molar-refractivity contribution in [3.8, 4) is 0 Å². The molecule has 0 spiro atoms. The number of carbonyl (C=O) groups excluding carboxylic acids is 2. The molecule has 0 bridgehead atoms. The van der Waals surface area contributed by atoms with Gasteiger partial charge in [-0.05, 0) is 25.0 Å². The van der Waals surface area contributed by atoms with E-state index in [0.29, 0.717) is 38.0 Å². The highest BCUT2D eigenvalue weighted by Gasteiger charge is 2.37. The standard InChI is InChI=1S/C22H23ClF3N5O4/c23-18-17(11-27-29-19(18)32)31-10-7-14(12-31)35-21(34)28-13-5-8-30(9-6-13)20(33)15-3-1-2-4-16(15)22(24,25)26/h1-4,11,13-14H,5-10,12H2,(H,28,34)(H,29,32)/t14-/m1/s1. The van der Waals surface area contributed by atoms with Crippen molar-refractivity contribution in [3.63, 3.8) is 0 Å². The minimum atomic E-state index is -4.62. The number of hydrogen-bond acceptors (Lipinski definition) is 6. The number of aromatic nitrogens is 2. The molecule has 0 radical (unpaired) electrons. The van der Waals surface area contributed by atoms with Gasteiger partial charge in [0.25, 0.3) is 11.5 Å². The van der Waals surface area contributed by atoms with E-state index in [2.05, 4.69) is 15.5 Å². The number of hydrogen-bond donors (Lipinski definition) is 2. The predicted octanol–water partition coefficient (Wildman–Crippen LogP) is 3.05. The minimum Gasteiger partial charge on any atom is -0.444 e. The van der Waals surface area contributed by atoms with E-state index >= 15 is 0 Å². The molecule has 9 nitrogen and oxygen atoms in total. The minimum absolute atomic E-state index is 0.0178. The van der Waals surface area contributed by atoms with Crippen LogP contribution < -0.4 is 15.8 Å². The van der Waals surface area contributed by atoms with E-state index in [4.69, 9.17) is 16.3 Å². The van der Waals surface area contributed by atoms with Crippen LogP contribution in [0.4, 0.5) is 23.7 Å². The van der Waals surface area contributed by atoms with Gasteiger partial charge in [-0.15, -0.1) is 0 Å². The summed E-state index contributed by atoms with van der Waals surface area (Å²) >= 11 is 6.03. The number of aromatic amines is 1. The number of amides is 2. The Bertz CT molecular complexity index is 1150. The highest BCUT2D eigenvalue weighted by molar-refractivity contribution is 6.33. The van der Waals surface area contributed by atoms with Gasteiger partial charge in [-0.2, -0.15) is 18.3 Å². The molecule has 2 N–H and O–H groups in total. The summed E-state index contributed by atoms with van der Waals surface area (Å²) in [6, 6.07) is 4.44. The lowest BCUT2D eigenvalue weighted by atomic mass is 10.0. The number of rotatable bonds is 4. The monoisotopic (exact) mass is 513 g/mol. The molecule has 2 saturated heterocycles. The van der Waals surface area contributed by atoms with Gasteiger partial charge in [0, 0.05) is 32.1 Å². The Hall–Kier alpha value is -3.28. The van der Waals surface area contributed by atoms with Crippen LogP contribution in [0.1, 0.15) is 35.2 Å². The first-order valence-corrected chi connectivity index (χ1v) is 11.4. The Morgan fingerprint density at radius 2 is 1.86 bits per heavy atom. The van der Waals surface area contributed by atoms with Crippen molar-refractivity contribution in [3.05, 3.63) is 57.0 Å². The van der Waals surface area contributed by atoms with Crippen molar-refractivity contribution in [2.75, 3.05) is 31.1 Å². The van der Waals surface area contributed by atoms with Gasteiger partial charge in [0.15, 0.2) is 0 Å². The Labute approximate surface area is 203 Å². The molecule has 2 fully saturated rings. The van der Waals surface area contributed by atoms with Gasteiger partial charge in [-0.1, -0.05) is 23.7 Å². The van der Waals surface area contributed by atoms with Crippen LogP contribution in [0, 0.1) is 0 Å². The lowest BCUT2D eigenvalue weighted by molar-refractivity contribution is -0.138. The summed E-state index contributed by atoms with van der Waals surface area (Å²) in [5.41, 5.74) is -1.38. The Balaban J connectivity index is 1.26. The van der Waals surface area contributed by atoms with Crippen LogP contribution in [-0.4, -0.2) is 65.4 Å². The van der Waals surface area contributed by atoms with E-state index in [1.807, 2.05) is 4.90 Å². The number of halogens is 4. The number of alkyl halides is 3. The Morgan fingerprint density at radius 1 is 1.14 bits per heavy atom. The fourth-order valence-corrected chi connectivity index (χ4v) is 4.51. The van der Waals surface area contributed by atoms with E-state index in [9.17, 15) is 27.6 Å². The lowest BCUT2D eigenvalue weighted by Crippen LogP contribution is -2.47. The highest BCUT2D eigenvalue weighted by Crippen LogP contribution is 2.33. The molecular formula is C22H23ClF3N5O4. The molecule has 13 heteroatoms. The maximum Gasteiger partial charge on any atom is 0.417 e. The number of anilines is 1. The highest BCUT2D eigenvalue weighted by atomic mass is 35.5. The van der Waals surface area contributed by atoms with Gasteiger partial charge in [-0.25, -0.2) is 9.89 Å². The smallest absolute Gasteiger partial charge is 0.417 e. The van der Waals surface area contributed by atoms with Crippen LogP contribution in [0.5, 0.6) is 0 Å². The van der Waals surface area contributed by atoms with E-state index in [1.54, 1.807) is 0 Å². The maximum atomic E-state index is 13.2. The van der Waals surface area contributed by atoms with E-state index in [1.165, 1.54) is 29.3 Å². The number of H-pyrrole nitrogens is 1. The molecule has 188 valence electrons. The topological polar surface area (TPSA) is 108 Å². The maximum absolute atomic E-state index is 13.2. The van der Waals surface area contributed by atoms with Crippen molar-refractivity contribution in [2.24, 2.45) is 0 Å². The molecule has 35 heavy (non-hydrogen) atoms. The van der Waals surface area contributed by atoms with Crippen LogP contribution in [0.3, 0.4) is 0 Å². The van der Waals surface area contributed by atoms with E-state index in [0.717, 1.165) is 6.07 Å². The number of carbonyl (C=O) groups is 2. The van der Waals surface area contributed by atoms with E-state index < -0.39 is 35.4 Å². The second-order valence-electron chi connectivity index (χ2n) is 8.41. The molecule has 1 atom stereocenters. The van der Waals surface area contributed by atoms with Crippen LogP contribution in [0.15, 0.2) is 35.3 Å². The number of piperidine rings is 1. The zero-order valence-electron chi connectivity index (χ0n) is 18.5. The summed E-state index contributed by atoms with van der Waals surface area (Å²) in [7, 11) is 0. The summed E-state index contributed by atoms with van der Waals surface area (Å²) in [4.78, 5) is 39.9. The first kappa shape index (κ1) is 24.8. The average molecular weight is 514 g/mol. The number of likely N-dealkylation sites (tertiary alicyclic amines) is 1. The van der Waals surface area contributed by atoms with Crippen LogP contribution in [0.2, 0.25) is 5.02 Å². The molecular weight excluding hydrogens is 491 g/mol.